The number of nitrogens with two attached hydrogens (primary N) is 1. The fourth-order valence-electron chi connectivity index (χ4n) is 2.54. The predicted molar refractivity (Wildman–Crippen MR) is 55.6 cm³/mol. The van der Waals surface area contributed by atoms with Gasteiger partial charge in [0, 0.05) is 6.61 Å². The first-order valence-electron chi connectivity index (χ1n) is 5.46. The second-order valence-corrected chi connectivity index (χ2v) is 4.79. The Morgan fingerprint density at radius 1 is 1.46 bits per heavy atom. The molecule has 78 valence electrons. The molecule has 1 aliphatic heterocycles. The molecule has 2 heteroatoms. The highest BCUT2D eigenvalue weighted by Crippen LogP contribution is 2.37. The van der Waals surface area contributed by atoms with Crippen LogP contribution in [0.5, 0.6) is 0 Å². The Hall–Kier alpha value is -0.0800. The van der Waals surface area contributed by atoms with Gasteiger partial charge in [0.05, 0.1) is 6.61 Å². The molecule has 1 atom stereocenters. The first-order chi connectivity index (χ1) is 6.18. The van der Waals surface area contributed by atoms with Crippen molar-refractivity contribution >= 4 is 0 Å². The summed E-state index contributed by atoms with van der Waals surface area (Å²) in [4.78, 5) is 0. The predicted octanol–water partition coefficient (Wildman–Crippen LogP) is 2.18. The van der Waals surface area contributed by atoms with Gasteiger partial charge in [0.1, 0.15) is 0 Å². The molecule has 2 N–H and O–H groups in total. The molecule has 1 fully saturated rings. The van der Waals surface area contributed by atoms with Gasteiger partial charge >= 0.3 is 0 Å². The van der Waals surface area contributed by atoms with E-state index < -0.39 is 0 Å². The lowest BCUT2D eigenvalue weighted by molar-refractivity contribution is -0.0225. The zero-order chi connectivity index (χ0) is 9.73. The van der Waals surface area contributed by atoms with Gasteiger partial charge in [-0.2, -0.15) is 0 Å². The van der Waals surface area contributed by atoms with E-state index in [2.05, 4.69) is 13.8 Å². The second kappa shape index (κ2) is 4.97. The summed E-state index contributed by atoms with van der Waals surface area (Å²) in [5.41, 5.74) is 6.07. The first-order valence-corrected chi connectivity index (χ1v) is 5.46. The average Bonchev–Trinajstić information content (AvgIpc) is 2.04. The van der Waals surface area contributed by atoms with Gasteiger partial charge in [0.25, 0.3) is 0 Å². The van der Waals surface area contributed by atoms with E-state index in [0.29, 0.717) is 5.41 Å². The summed E-state index contributed by atoms with van der Waals surface area (Å²) in [5, 5.41) is 0. The van der Waals surface area contributed by atoms with Crippen molar-refractivity contribution in [3.8, 4) is 0 Å². The maximum absolute atomic E-state index is 5.66. The quantitative estimate of drug-likeness (QED) is 0.728. The third kappa shape index (κ3) is 3.28. The molecule has 1 saturated heterocycles. The highest BCUT2D eigenvalue weighted by molar-refractivity contribution is 4.83. The molecule has 1 aliphatic rings. The molecule has 0 aliphatic carbocycles. The minimum absolute atomic E-state index is 0.404. The molecule has 2 nitrogen and oxygen atoms in total. The Kier molecular flexibility index (Phi) is 4.20. The molecule has 0 bridgehead atoms. The molecule has 1 heterocycles. The largest absolute Gasteiger partial charge is 0.381 e. The number of hydrogen-bond acceptors (Lipinski definition) is 2. The van der Waals surface area contributed by atoms with Crippen molar-refractivity contribution in [2.75, 3.05) is 19.8 Å². The van der Waals surface area contributed by atoms with Crippen LogP contribution in [0, 0.1) is 11.3 Å². The summed E-state index contributed by atoms with van der Waals surface area (Å²) in [6.45, 7) is 7.25. The topological polar surface area (TPSA) is 35.2 Å². The molecule has 0 aromatic heterocycles. The monoisotopic (exact) mass is 185 g/mol. The van der Waals surface area contributed by atoms with Gasteiger partial charge in [0.2, 0.25) is 0 Å². The van der Waals surface area contributed by atoms with Gasteiger partial charge in [-0.15, -0.1) is 0 Å². The lowest BCUT2D eigenvalue weighted by Gasteiger charge is -2.38. The van der Waals surface area contributed by atoms with Crippen LogP contribution in [-0.2, 0) is 4.74 Å². The molecule has 13 heavy (non-hydrogen) atoms. The normalized spacial score (nSPS) is 29.5. The van der Waals surface area contributed by atoms with Crippen LogP contribution in [0.2, 0.25) is 0 Å². The molecule has 0 spiro atoms. The number of hydrogen-bond donors (Lipinski definition) is 1. The molecular formula is C11H23NO. The highest BCUT2D eigenvalue weighted by atomic mass is 16.5. The van der Waals surface area contributed by atoms with E-state index >= 15 is 0 Å². The maximum atomic E-state index is 5.66. The van der Waals surface area contributed by atoms with Crippen LogP contribution in [-0.4, -0.2) is 19.8 Å². The minimum atomic E-state index is 0.404. The zero-order valence-corrected chi connectivity index (χ0v) is 9.01. The molecule has 1 rings (SSSR count). The van der Waals surface area contributed by atoms with Gasteiger partial charge in [-0.05, 0) is 43.6 Å². The zero-order valence-electron chi connectivity index (χ0n) is 9.01. The van der Waals surface area contributed by atoms with Crippen LogP contribution in [0.15, 0.2) is 0 Å². The van der Waals surface area contributed by atoms with E-state index in [1.807, 2.05) is 0 Å². The lowest BCUT2D eigenvalue weighted by atomic mass is 9.73. The maximum Gasteiger partial charge on any atom is 0.0523 e. The summed E-state index contributed by atoms with van der Waals surface area (Å²) in [7, 11) is 0. The van der Waals surface area contributed by atoms with E-state index in [4.69, 9.17) is 10.5 Å². The fourth-order valence-corrected chi connectivity index (χ4v) is 2.54. The van der Waals surface area contributed by atoms with Crippen LogP contribution in [0.4, 0.5) is 0 Å². The van der Waals surface area contributed by atoms with Crippen molar-refractivity contribution in [2.24, 2.45) is 17.1 Å². The van der Waals surface area contributed by atoms with Crippen LogP contribution in [0.1, 0.15) is 39.5 Å². The van der Waals surface area contributed by atoms with Crippen molar-refractivity contribution < 1.29 is 4.74 Å². The molecule has 0 aromatic rings. The van der Waals surface area contributed by atoms with Gasteiger partial charge in [-0.25, -0.2) is 0 Å². The average molecular weight is 185 g/mol. The third-order valence-corrected chi connectivity index (χ3v) is 2.92. The molecule has 1 unspecified atom stereocenters. The summed E-state index contributed by atoms with van der Waals surface area (Å²) >= 11 is 0. The smallest absolute Gasteiger partial charge is 0.0523 e. The standard InChI is InChI=1S/C11H23NO/c1-10(2)8-11(5-6-12)4-3-7-13-9-11/h10H,3-9,12H2,1-2H3. The van der Waals surface area contributed by atoms with E-state index in [-0.39, 0.29) is 0 Å². The SMILES string of the molecule is CC(C)CC1(CCN)CCCOC1. The van der Waals surface area contributed by atoms with E-state index in [1.165, 1.54) is 19.3 Å². The van der Waals surface area contributed by atoms with Gasteiger partial charge in [-0.3, -0.25) is 0 Å². The Balaban J connectivity index is 2.50. The van der Waals surface area contributed by atoms with Crippen molar-refractivity contribution in [3.05, 3.63) is 0 Å². The van der Waals surface area contributed by atoms with Crippen LogP contribution in [0.3, 0.4) is 0 Å². The highest BCUT2D eigenvalue weighted by Gasteiger charge is 2.32. The van der Waals surface area contributed by atoms with Crippen LogP contribution < -0.4 is 5.73 Å². The van der Waals surface area contributed by atoms with Gasteiger partial charge in [-0.1, -0.05) is 13.8 Å². The van der Waals surface area contributed by atoms with Crippen molar-refractivity contribution in [1.82, 2.24) is 0 Å². The molecule has 0 amide bonds. The summed E-state index contributed by atoms with van der Waals surface area (Å²) < 4.78 is 5.58. The van der Waals surface area contributed by atoms with E-state index in [1.54, 1.807) is 0 Å². The van der Waals surface area contributed by atoms with E-state index in [0.717, 1.165) is 32.1 Å². The Morgan fingerprint density at radius 2 is 2.23 bits per heavy atom. The summed E-state index contributed by atoms with van der Waals surface area (Å²) in [5.74, 6) is 0.758. The Morgan fingerprint density at radius 3 is 2.69 bits per heavy atom. The minimum Gasteiger partial charge on any atom is -0.381 e. The lowest BCUT2D eigenvalue weighted by Crippen LogP contribution is -2.35. The van der Waals surface area contributed by atoms with Crippen molar-refractivity contribution in [3.63, 3.8) is 0 Å². The Bertz CT molecular complexity index is 134. The summed E-state index contributed by atoms with van der Waals surface area (Å²) in [6.07, 6.45) is 4.92. The van der Waals surface area contributed by atoms with Gasteiger partial charge < -0.3 is 10.5 Å². The van der Waals surface area contributed by atoms with Crippen molar-refractivity contribution in [2.45, 2.75) is 39.5 Å². The van der Waals surface area contributed by atoms with Crippen LogP contribution >= 0.6 is 0 Å². The molecule has 0 aromatic carbocycles. The molecule has 0 radical (unpaired) electrons. The second-order valence-electron chi connectivity index (χ2n) is 4.79. The summed E-state index contributed by atoms with van der Waals surface area (Å²) in [6, 6.07) is 0. The fraction of sp³-hybridized carbons (Fsp3) is 1.00. The Labute approximate surface area is 81.8 Å². The number of rotatable bonds is 4. The van der Waals surface area contributed by atoms with E-state index in [9.17, 15) is 0 Å². The molecule has 0 saturated carbocycles. The van der Waals surface area contributed by atoms with Crippen LogP contribution in [0.25, 0.3) is 0 Å². The first kappa shape index (κ1) is 11.0. The molecular weight excluding hydrogens is 162 g/mol. The third-order valence-electron chi connectivity index (χ3n) is 2.92. The van der Waals surface area contributed by atoms with Gasteiger partial charge in [0.15, 0.2) is 0 Å². The number of ether oxygens (including phenoxy) is 1. The van der Waals surface area contributed by atoms with Crippen molar-refractivity contribution in [1.29, 1.82) is 0 Å².